The Labute approximate surface area is 175 Å². The van der Waals surface area contributed by atoms with E-state index in [2.05, 4.69) is 20.5 Å². The number of thioether (sulfide) groups is 1. The van der Waals surface area contributed by atoms with Crippen molar-refractivity contribution in [2.75, 3.05) is 0 Å². The molecular weight excluding hydrogens is 400 g/mol. The van der Waals surface area contributed by atoms with Crippen LogP contribution in [0.1, 0.15) is 5.56 Å². The number of nitrogens with zero attached hydrogens (tertiary/aromatic N) is 6. The van der Waals surface area contributed by atoms with E-state index in [1.54, 1.807) is 18.4 Å². The van der Waals surface area contributed by atoms with Crippen molar-refractivity contribution in [2.45, 2.75) is 17.6 Å². The second kappa shape index (κ2) is 7.96. The summed E-state index contributed by atoms with van der Waals surface area (Å²) in [5, 5.41) is 18.0. The van der Waals surface area contributed by atoms with E-state index in [0.717, 1.165) is 5.56 Å². The van der Waals surface area contributed by atoms with Gasteiger partial charge in [-0.3, -0.25) is 9.36 Å². The molecule has 2 aromatic carbocycles. The molecule has 0 unspecified atom stereocenters. The molecule has 9 heteroatoms. The van der Waals surface area contributed by atoms with Crippen molar-refractivity contribution in [1.82, 2.24) is 29.8 Å². The normalized spacial score (nSPS) is 11.2. The molecule has 0 atom stereocenters. The van der Waals surface area contributed by atoms with E-state index in [4.69, 9.17) is 4.42 Å². The van der Waals surface area contributed by atoms with Crippen LogP contribution in [-0.2, 0) is 12.4 Å². The second-order valence-electron chi connectivity index (χ2n) is 6.54. The minimum absolute atomic E-state index is 0.187. The van der Waals surface area contributed by atoms with Crippen LogP contribution in [0.25, 0.3) is 22.5 Å². The van der Waals surface area contributed by atoms with Crippen LogP contribution in [0, 0.1) is 0 Å². The molecule has 0 aliphatic carbocycles. The summed E-state index contributed by atoms with van der Waals surface area (Å²) in [4.78, 5) is 12.7. The van der Waals surface area contributed by atoms with Gasteiger partial charge in [0.1, 0.15) is 5.52 Å². The Balaban J connectivity index is 1.47. The van der Waals surface area contributed by atoms with E-state index in [0.29, 0.717) is 34.2 Å². The molecule has 3 aromatic heterocycles. The van der Waals surface area contributed by atoms with E-state index < -0.39 is 0 Å². The molecule has 5 aromatic rings. The summed E-state index contributed by atoms with van der Waals surface area (Å²) >= 11 is 1.37. The Hall–Kier alpha value is -3.72. The van der Waals surface area contributed by atoms with Crippen LogP contribution in [-0.4, -0.2) is 29.8 Å². The van der Waals surface area contributed by atoms with Crippen molar-refractivity contribution in [1.29, 1.82) is 0 Å². The molecule has 0 spiro atoms. The lowest BCUT2D eigenvalue weighted by Gasteiger charge is -2.10. The van der Waals surface area contributed by atoms with Crippen molar-refractivity contribution in [3.63, 3.8) is 0 Å². The molecule has 0 N–H and O–H groups in total. The number of hydrogen-bond donors (Lipinski definition) is 0. The first kappa shape index (κ1) is 18.3. The molecule has 0 aliphatic heterocycles. The van der Waals surface area contributed by atoms with Gasteiger partial charge in [0.25, 0.3) is 5.56 Å². The van der Waals surface area contributed by atoms with Crippen molar-refractivity contribution < 1.29 is 4.42 Å². The third-order valence-corrected chi connectivity index (χ3v) is 5.52. The van der Waals surface area contributed by atoms with Gasteiger partial charge in [0.05, 0.1) is 24.1 Å². The molecule has 0 radical (unpaired) electrons. The molecule has 0 saturated carbocycles. The van der Waals surface area contributed by atoms with Crippen molar-refractivity contribution in [2.24, 2.45) is 0 Å². The molecule has 30 heavy (non-hydrogen) atoms. The number of aromatic nitrogens is 6. The Bertz CT molecular complexity index is 1350. The van der Waals surface area contributed by atoms with E-state index >= 15 is 0 Å². The highest BCUT2D eigenvalue weighted by atomic mass is 32.2. The van der Waals surface area contributed by atoms with Gasteiger partial charge >= 0.3 is 0 Å². The predicted molar refractivity (Wildman–Crippen MR) is 113 cm³/mol. The van der Waals surface area contributed by atoms with E-state index in [-0.39, 0.29) is 11.4 Å². The largest absolute Gasteiger partial charge is 0.461 e. The summed E-state index contributed by atoms with van der Waals surface area (Å²) in [5.74, 6) is 1.53. The standard InChI is InChI=1S/C21H16N6O2S/c28-20-16-9-4-5-10-17(16)22-25-27(20)14-30-21-24-23-19(18-11-6-12-29-18)26(21)13-15-7-2-1-3-8-15/h1-12H,13-14H2. The highest BCUT2D eigenvalue weighted by Crippen LogP contribution is 2.26. The van der Waals surface area contributed by atoms with Gasteiger partial charge in [-0.1, -0.05) is 59.4 Å². The fourth-order valence-electron chi connectivity index (χ4n) is 3.12. The zero-order chi connectivity index (χ0) is 20.3. The van der Waals surface area contributed by atoms with Crippen LogP contribution in [0.15, 0.2) is 87.4 Å². The van der Waals surface area contributed by atoms with Crippen molar-refractivity contribution in [3.05, 3.63) is 88.9 Å². The molecule has 8 nitrogen and oxygen atoms in total. The lowest BCUT2D eigenvalue weighted by molar-refractivity contribution is 0.568. The fraction of sp³-hybridized carbons (Fsp3) is 0.0952. The van der Waals surface area contributed by atoms with Crippen LogP contribution in [0.5, 0.6) is 0 Å². The van der Waals surface area contributed by atoms with Gasteiger partial charge in [-0.2, -0.15) is 4.68 Å². The third kappa shape index (κ3) is 3.50. The molecule has 148 valence electrons. The molecule has 0 amide bonds. The fourth-order valence-corrected chi connectivity index (χ4v) is 3.93. The SMILES string of the molecule is O=c1c2ccccc2nnn1CSc1nnc(-c2ccco2)n1Cc1ccccc1. The first-order valence-electron chi connectivity index (χ1n) is 9.26. The Morgan fingerprint density at radius 3 is 2.57 bits per heavy atom. The monoisotopic (exact) mass is 416 g/mol. The highest BCUT2D eigenvalue weighted by molar-refractivity contribution is 7.98. The van der Waals surface area contributed by atoms with Crippen LogP contribution >= 0.6 is 11.8 Å². The maximum atomic E-state index is 12.7. The van der Waals surface area contributed by atoms with Gasteiger partial charge in [-0.25, -0.2) is 0 Å². The van der Waals surface area contributed by atoms with Crippen molar-refractivity contribution in [3.8, 4) is 11.6 Å². The lowest BCUT2D eigenvalue weighted by Crippen LogP contribution is -2.23. The average molecular weight is 416 g/mol. The summed E-state index contributed by atoms with van der Waals surface area (Å²) in [6, 6.07) is 20.9. The van der Waals surface area contributed by atoms with Crippen LogP contribution in [0.4, 0.5) is 0 Å². The number of benzene rings is 2. The van der Waals surface area contributed by atoms with Crippen LogP contribution in [0.2, 0.25) is 0 Å². The minimum Gasteiger partial charge on any atom is -0.461 e. The summed E-state index contributed by atoms with van der Waals surface area (Å²) in [5.41, 5.74) is 1.50. The van der Waals surface area contributed by atoms with E-state index in [1.165, 1.54) is 16.4 Å². The minimum atomic E-state index is -0.187. The molecule has 3 heterocycles. The molecule has 0 bridgehead atoms. The highest BCUT2D eigenvalue weighted by Gasteiger charge is 2.17. The van der Waals surface area contributed by atoms with Gasteiger partial charge in [0.15, 0.2) is 10.9 Å². The van der Waals surface area contributed by atoms with Gasteiger partial charge in [-0.15, -0.1) is 15.3 Å². The molecule has 0 saturated heterocycles. The quantitative estimate of drug-likeness (QED) is 0.392. The first-order valence-corrected chi connectivity index (χ1v) is 10.2. The second-order valence-corrected chi connectivity index (χ2v) is 7.45. The number of fused-ring (bicyclic) bond motifs is 1. The number of furan rings is 1. The maximum Gasteiger partial charge on any atom is 0.278 e. The molecule has 0 fully saturated rings. The first-order chi connectivity index (χ1) is 14.8. The Morgan fingerprint density at radius 1 is 0.900 bits per heavy atom. The number of rotatable bonds is 6. The van der Waals surface area contributed by atoms with Crippen molar-refractivity contribution >= 4 is 22.7 Å². The Kier molecular flexibility index (Phi) is 4.86. The zero-order valence-electron chi connectivity index (χ0n) is 15.8. The summed E-state index contributed by atoms with van der Waals surface area (Å²) in [6.07, 6.45) is 1.61. The van der Waals surface area contributed by atoms with E-state index in [1.807, 2.05) is 59.2 Å². The van der Waals surface area contributed by atoms with Gasteiger partial charge in [0.2, 0.25) is 5.82 Å². The summed E-state index contributed by atoms with van der Waals surface area (Å²) in [6.45, 7) is 0.574. The summed E-state index contributed by atoms with van der Waals surface area (Å²) in [7, 11) is 0. The van der Waals surface area contributed by atoms with Crippen LogP contribution < -0.4 is 5.56 Å². The zero-order valence-corrected chi connectivity index (χ0v) is 16.6. The smallest absolute Gasteiger partial charge is 0.278 e. The van der Waals surface area contributed by atoms with Gasteiger partial charge in [0, 0.05) is 0 Å². The van der Waals surface area contributed by atoms with Gasteiger partial charge in [-0.05, 0) is 29.8 Å². The Morgan fingerprint density at radius 2 is 1.73 bits per heavy atom. The molecule has 5 rings (SSSR count). The third-order valence-electron chi connectivity index (χ3n) is 4.59. The molecule has 0 aliphatic rings. The van der Waals surface area contributed by atoms with Crippen LogP contribution in [0.3, 0.4) is 0 Å². The lowest BCUT2D eigenvalue weighted by atomic mass is 10.2. The molecular formula is C21H16N6O2S. The van der Waals surface area contributed by atoms with Gasteiger partial charge < -0.3 is 4.42 Å². The van der Waals surface area contributed by atoms with E-state index in [9.17, 15) is 4.79 Å². The predicted octanol–water partition coefficient (Wildman–Crippen LogP) is 3.44. The number of hydrogen-bond acceptors (Lipinski definition) is 7. The topological polar surface area (TPSA) is 91.6 Å². The maximum absolute atomic E-state index is 12.7. The summed E-state index contributed by atoms with van der Waals surface area (Å²) < 4.78 is 8.84. The average Bonchev–Trinajstić information content (AvgIpc) is 3.44.